The zero-order valence-corrected chi connectivity index (χ0v) is 12.8. The van der Waals surface area contributed by atoms with Crippen LogP contribution in [0.4, 0.5) is 10.9 Å². The second-order valence-corrected chi connectivity index (χ2v) is 5.81. The van der Waals surface area contributed by atoms with Crippen LogP contribution < -0.4 is 10.6 Å². The van der Waals surface area contributed by atoms with Crippen molar-refractivity contribution in [2.75, 3.05) is 24.7 Å². The fourth-order valence-electron chi connectivity index (χ4n) is 2.22. The van der Waals surface area contributed by atoms with Crippen molar-refractivity contribution in [2.24, 2.45) is 0 Å². The maximum absolute atomic E-state index is 5.68. The number of benzene rings is 1. The smallest absolute Gasteiger partial charge is 0.180 e. The van der Waals surface area contributed by atoms with Gasteiger partial charge >= 0.3 is 0 Å². The van der Waals surface area contributed by atoms with Gasteiger partial charge in [-0.2, -0.15) is 0 Å². The number of nitrogen functional groups attached to an aromatic ring is 1. The molecule has 0 radical (unpaired) electrons. The van der Waals surface area contributed by atoms with E-state index in [1.165, 1.54) is 11.3 Å². The maximum Gasteiger partial charge on any atom is 0.180 e. The van der Waals surface area contributed by atoms with E-state index in [0.717, 1.165) is 28.2 Å². The average molecular weight is 296 g/mol. The molecule has 0 spiro atoms. The van der Waals surface area contributed by atoms with Gasteiger partial charge in [-0.15, -0.1) is 11.3 Å². The summed E-state index contributed by atoms with van der Waals surface area (Å²) in [5.74, 6) is 0.961. The monoisotopic (exact) mass is 296 g/mol. The van der Waals surface area contributed by atoms with E-state index in [9.17, 15) is 0 Å². The summed E-state index contributed by atoms with van der Waals surface area (Å²) in [6, 6.07) is 12.4. The molecule has 0 saturated heterocycles. The molecule has 0 fully saturated rings. The van der Waals surface area contributed by atoms with E-state index >= 15 is 0 Å². The van der Waals surface area contributed by atoms with Crippen molar-refractivity contribution in [2.45, 2.75) is 0 Å². The lowest BCUT2D eigenvalue weighted by molar-refractivity contribution is 1.07. The van der Waals surface area contributed by atoms with Gasteiger partial charge in [-0.05, 0) is 17.7 Å². The van der Waals surface area contributed by atoms with Gasteiger partial charge in [0.2, 0.25) is 0 Å². The Morgan fingerprint density at radius 1 is 1.05 bits per heavy atom. The number of pyridine rings is 1. The summed E-state index contributed by atoms with van der Waals surface area (Å²) in [5, 5.41) is 2.57. The zero-order chi connectivity index (χ0) is 14.8. The molecule has 0 saturated carbocycles. The molecule has 21 heavy (non-hydrogen) atoms. The number of nitrogens with two attached hydrogens (primary N) is 1. The molecule has 1 aromatic carbocycles. The van der Waals surface area contributed by atoms with Gasteiger partial charge < -0.3 is 10.6 Å². The molecule has 106 valence electrons. The predicted molar refractivity (Wildman–Crippen MR) is 89.5 cm³/mol. The lowest BCUT2D eigenvalue weighted by Gasteiger charge is -2.16. The Labute approximate surface area is 127 Å². The normalized spacial score (nSPS) is 10.6. The van der Waals surface area contributed by atoms with E-state index in [1.807, 2.05) is 36.6 Å². The van der Waals surface area contributed by atoms with E-state index in [1.54, 1.807) is 0 Å². The highest BCUT2D eigenvalue weighted by Gasteiger charge is 2.08. The molecule has 2 N–H and O–H groups in total. The Morgan fingerprint density at radius 2 is 1.76 bits per heavy atom. The van der Waals surface area contributed by atoms with Gasteiger partial charge in [-0.3, -0.25) is 0 Å². The van der Waals surface area contributed by atoms with Gasteiger partial charge in [0.05, 0.1) is 5.69 Å². The molecule has 0 aliphatic rings. The van der Waals surface area contributed by atoms with E-state index in [-0.39, 0.29) is 0 Å². The Kier molecular flexibility index (Phi) is 3.58. The standard InChI is InChI=1S/C16H16N4S/c1-20(2)15-13(4-3-9-18-15)11-5-7-12(8-6-11)14-10-21-16(17)19-14/h3-10H,1-2H3,(H2,17,19). The first-order valence-corrected chi connectivity index (χ1v) is 7.47. The van der Waals surface area contributed by atoms with Crippen LogP contribution in [0.5, 0.6) is 0 Å². The van der Waals surface area contributed by atoms with Crippen LogP contribution in [0.3, 0.4) is 0 Å². The molecule has 2 aromatic heterocycles. The summed E-state index contributed by atoms with van der Waals surface area (Å²) in [6.45, 7) is 0. The summed E-state index contributed by atoms with van der Waals surface area (Å²) in [7, 11) is 4.00. The summed E-state index contributed by atoms with van der Waals surface area (Å²) >= 11 is 1.46. The number of aromatic nitrogens is 2. The third-order valence-corrected chi connectivity index (χ3v) is 3.90. The first kappa shape index (κ1) is 13.6. The van der Waals surface area contributed by atoms with E-state index in [4.69, 9.17) is 5.73 Å². The van der Waals surface area contributed by atoms with E-state index in [2.05, 4.69) is 40.3 Å². The molecule has 3 aromatic rings. The van der Waals surface area contributed by atoms with Gasteiger partial charge in [-0.1, -0.05) is 24.3 Å². The molecule has 0 unspecified atom stereocenters. The van der Waals surface area contributed by atoms with Crippen LogP contribution in [-0.4, -0.2) is 24.1 Å². The van der Waals surface area contributed by atoms with Crippen molar-refractivity contribution in [3.05, 3.63) is 48.0 Å². The summed E-state index contributed by atoms with van der Waals surface area (Å²) in [5.41, 5.74) is 9.93. The highest BCUT2D eigenvalue weighted by Crippen LogP contribution is 2.30. The number of nitrogens with zero attached hydrogens (tertiary/aromatic N) is 3. The van der Waals surface area contributed by atoms with Crippen molar-refractivity contribution in [3.63, 3.8) is 0 Å². The van der Waals surface area contributed by atoms with Crippen molar-refractivity contribution >= 4 is 22.3 Å². The van der Waals surface area contributed by atoms with Crippen LogP contribution >= 0.6 is 11.3 Å². The molecular formula is C16H16N4S. The van der Waals surface area contributed by atoms with Crippen LogP contribution in [-0.2, 0) is 0 Å². The minimum Gasteiger partial charge on any atom is -0.375 e. The quantitative estimate of drug-likeness (QED) is 0.803. The number of rotatable bonds is 3. The molecule has 3 rings (SSSR count). The number of anilines is 2. The molecule has 0 aliphatic carbocycles. The first-order chi connectivity index (χ1) is 10.1. The third-order valence-electron chi connectivity index (χ3n) is 3.22. The average Bonchev–Trinajstić information content (AvgIpc) is 2.94. The predicted octanol–water partition coefficient (Wildman–Crippen LogP) is 3.52. The largest absolute Gasteiger partial charge is 0.375 e. The lowest BCUT2D eigenvalue weighted by Crippen LogP contribution is -2.11. The van der Waals surface area contributed by atoms with Crippen LogP contribution in [0, 0.1) is 0 Å². The Bertz CT molecular complexity index is 747. The molecule has 0 bridgehead atoms. The molecule has 0 amide bonds. The fraction of sp³-hybridized carbons (Fsp3) is 0.125. The topological polar surface area (TPSA) is 55.0 Å². The second-order valence-electron chi connectivity index (χ2n) is 4.92. The Balaban J connectivity index is 1.98. The highest BCUT2D eigenvalue weighted by atomic mass is 32.1. The third kappa shape index (κ3) is 2.73. The van der Waals surface area contributed by atoms with Gasteiger partial charge in [-0.25, -0.2) is 9.97 Å². The van der Waals surface area contributed by atoms with Gasteiger partial charge in [0.1, 0.15) is 5.82 Å². The minimum absolute atomic E-state index is 0.594. The summed E-state index contributed by atoms with van der Waals surface area (Å²) < 4.78 is 0. The van der Waals surface area contributed by atoms with Gasteiger partial charge in [0.25, 0.3) is 0 Å². The van der Waals surface area contributed by atoms with Crippen LogP contribution in [0.25, 0.3) is 22.4 Å². The number of thiazole rings is 1. The SMILES string of the molecule is CN(C)c1ncccc1-c1ccc(-c2csc(N)n2)cc1. The van der Waals surface area contributed by atoms with Crippen LogP contribution in [0.15, 0.2) is 48.0 Å². The summed E-state index contributed by atoms with van der Waals surface area (Å²) in [6.07, 6.45) is 1.81. The van der Waals surface area contributed by atoms with Gasteiger partial charge in [0, 0.05) is 36.8 Å². The van der Waals surface area contributed by atoms with Crippen LogP contribution in [0.2, 0.25) is 0 Å². The zero-order valence-electron chi connectivity index (χ0n) is 11.9. The lowest BCUT2D eigenvalue weighted by atomic mass is 10.0. The van der Waals surface area contributed by atoms with Gasteiger partial charge in [0.15, 0.2) is 5.13 Å². The Hall–Kier alpha value is -2.40. The van der Waals surface area contributed by atoms with Crippen LogP contribution in [0.1, 0.15) is 0 Å². The Morgan fingerprint density at radius 3 is 2.38 bits per heavy atom. The molecule has 5 heteroatoms. The minimum atomic E-state index is 0.594. The number of hydrogen-bond acceptors (Lipinski definition) is 5. The van der Waals surface area contributed by atoms with E-state index in [0.29, 0.717) is 5.13 Å². The van der Waals surface area contributed by atoms with Crippen molar-refractivity contribution in [1.29, 1.82) is 0 Å². The maximum atomic E-state index is 5.68. The fourth-order valence-corrected chi connectivity index (χ4v) is 2.79. The molecule has 2 heterocycles. The summed E-state index contributed by atoms with van der Waals surface area (Å²) in [4.78, 5) is 10.8. The van der Waals surface area contributed by atoms with Crippen molar-refractivity contribution in [1.82, 2.24) is 9.97 Å². The molecule has 4 nitrogen and oxygen atoms in total. The number of hydrogen-bond donors (Lipinski definition) is 1. The highest BCUT2D eigenvalue weighted by molar-refractivity contribution is 7.13. The molecule has 0 atom stereocenters. The van der Waals surface area contributed by atoms with Crippen molar-refractivity contribution < 1.29 is 0 Å². The van der Waals surface area contributed by atoms with E-state index < -0.39 is 0 Å². The molecule has 0 aliphatic heterocycles. The first-order valence-electron chi connectivity index (χ1n) is 6.59. The second kappa shape index (κ2) is 5.54. The molecular weight excluding hydrogens is 280 g/mol. The van der Waals surface area contributed by atoms with Crippen molar-refractivity contribution in [3.8, 4) is 22.4 Å².